The smallest absolute Gasteiger partial charge is 0.217 e. The lowest BCUT2D eigenvalue weighted by Crippen LogP contribution is -2.39. The van der Waals surface area contributed by atoms with Gasteiger partial charge in [0.25, 0.3) is 0 Å². The van der Waals surface area contributed by atoms with Crippen LogP contribution in [-0.4, -0.2) is 42.8 Å². The fourth-order valence-electron chi connectivity index (χ4n) is 0.967. The summed E-state index contributed by atoms with van der Waals surface area (Å²) in [5.41, 5.74) is 0. The summed E-state index contributed by atoms with van der Waals surface area (Å²) in [5.74, 6) is 0. The lowest BCUT2D eigenvalue weighted by Gasteiger charge is -2.22. The van der Waals surface area contributed by atoms with Crippen LogP contribution in [0, 0.1) is 0 Å². The molecule has 1 unspecified atom stereocenters. The SMILES string of the molecule is CC(CO)N(C)S(=O)(=O)C1CC1. The van der Waals surface area contributed by atoms with Gasteiger partial charge in [-0.05, 0) is 19.8 Å². The summed E-state index contributed by atoms with van der Waals surface area (Å²) in [6.07, 6.45) is 1.54. The predicted octanol–water partition coefficient (Wildman–Crippen LogP) is -0.209. The van der Waals surface area contributed by atoms with Gasteiger partial charge in [0.15, 0.2) is 0 Å². The second kappa shape index (κ2) is 3.32. The Morgan fingerprint density at radius 3 is 2.42 bits per heavy atom. The second-order valence-corrected chi connectivity index (χ2v) is 5.56. The molecule has 0 radical (unpaired) electrons. The molecule has 0 aromatic heterocycles. The zero-order valence-electron chi connectivity index (χ0n) is 7.40. The van der Waals surface area contributed by atoms with Gasteiger partial charge in [0, 0.05) is 13.1 Å². The standard InChI is InChI=1S/C7H15NO3S/c1-6(5-9)8(2)12(10,11)7-3-4-7/h6-7,9H,3-5H2,1-2H3. The van der Waals surface area contributed by atoms with Crippen molar-refractivity contribution in [1.82, 2.24) is 4.31 Å². The van der Waals surface area contributed by atoms with Crippen LogP contribution in [0.5, 0.6) is 0 Å². The molecule has 0 spiro atoms. The van der Waals surface area contributed by atoms with E-state index < -0.39 is 10.0 Å². The Balaban J connectivity index is 2.67. The molecule has 1 atom stereocenters. The third kappa shape index (κ3) is 1.78. The highest BCUT2D eigenvalue weighted by Gasteiger charge is 2.39. The Kier molecular flexibility index (Phi) is 2.75. The first-order valence-electron chi connectivity index (χ1n) is 4.08. The van der Waals surface area contributed by atoms with Gasteiger partial charge in [0.1, 0.15) is 0 Å². The summed E-state index contributed by atoms with van der Waals surface area (Å²) >= 11 is 0. The zero-order valence-corrected chi connectivity index (χ0v) is 8.21. The average molecular weight is 193 g/mol. The van der Waals surface area contributed by atoms with Crippen molar-refractivity contribution in [2.24, 2.45) is 0 Å². The van der Waals surface area contributed by atoms with E-state index in [1.165, 1.54) is 11.4 Å². The van der Waals surface area contributed by atoms with Crippen molar-refractivity contribution < 1.29 is 13.5 Å². The molecule has 0 aliphatic heterocycles. The maximum atomic E-state index is 11.5. The highest BCUT2D eigenvalue weighted by atomic mass is 32.2. The Morgan fingerprint density at radius 1 is 1.58 bits per heavy atom. The van der Waals surface area contributed by atoms with Gasteiger partial charge in [-0.25, -0.2) is 8.42 Å². The van der Waals surface area contributed by atoms with E-state index in [0.717, 1.165) is 12.8 Å². The van der Waals surface area contributed by atoms with Gasteiger partial charge in [-0.3, -0.25) is 0 Å². The van der Waals surface area contributed by atoms with Crippen LogP contribution in [0.3, 0.4) is 0 Å². The molecule has 0 saturated heterocycles. The third-order valence-electron chi connectivity index (χ3n) is 2.23. The summed E-state index contributed by atoms with van der Waals surface area (Å²) < 4.78 is 24.3. The first-order chi connectivity index (χ1) is 5.50. The molecule has 0 aromatic rings. The number of aliphatic hydroxyl groups is 1. The molecule has 4 nitrogen and oxygen atoms in total. The van der Waals surface area contributed by atoms with E-state index in [-0.39, 0.29) is 17.9 Å². The van der Waals surface area contributed by atoms with Gasteiger partial charge in [-0.2, -0.15) is 4.31 Å². The van der Waals surface area contributed by atoms with E-state index in [1.54, 1.807) is 6.92 Å². The van der Waals surface area contributed by atoms with Crippen LogP contribution in [-0.2, 0) is 10.0 Å². The number of hydrogen-bond donors (Lipinski definition) is 1. The van der Waals surface area contributed by atoms with Crippen LogP contribution in [0.4, 0.5) is 0 Å². The Labute approximate surface area is 73.2 Å². The van der Waals surface area contributed by atoms with Crippen molar-refractivity contribution in [2.45, 2.75) is 31.1 Å². The molecular formula is C7H15NO3S. The van der Waals surface area contributed by atoms with Crippen LogP contribution in [0.2, 0.25) is 0 Å². The summed E-state index contributed by atoms with van der Waals surface area (Å²) in [6.45, 7) is 1.57. The van der Waals surface area contributed by atoms with Crippen LogP contribution < -0.4 is 0 Å². The van der Waals surface area contributed by atoms with E-state index in [1.807, 2.05) is 0 Å². The monoisotopic (exact) mass is 193 g/mol. The molecule has 5 heteroatoms. The first kappa shape index (κ1) is 9.95. The molecule has 1 saturated carbocycles. The summed E-state index contributed by atoms with van der Waals surface area (Å²) in [5, 5.41) is 8.58. The molecule has 0 heterocycles. The quantitative estimate of drug-likeness (QED) is 0.672. The maximum absolute atomic E-state index is 11.5. The van der Waals surface area contributed by atoms with Crippen molar-refractivity contribution in [2.75, 3.05) is 13.7 Å². The molecule has 0 bridgehead atoms. The highest BCUT2D eigenvalue weighted by molar-refractivity contribution is 7.90. The average Bonchev–Trinajstić information content (AvgIpc) is 2.83. The van der Waals surface area contributed by atoms with Gasteiger partial charge >= 0.3 is 0 Å². The number of aliphatic hydroxyl groups excluding tert-OH is 1. The minimum atomic E-state index is -3.10. The van der Waals surface area contributed by atoms with E-state index in [0.29, 0.717) is 0 Å². The summed E-state index contributed by atoms with van der Waals surface area (Å²) in [7, 11) is -1.58. The molecule has 12 heavy (non-hydrogen) atoms. The lowest BCUT2D eigenvalue weighted by atomic mass is 10.4. The van der Waals surface area contributed by atoms with Crippen molar-refractivity contribution in [1.29, 1.82) is 0 Å². The van der Waals surface area contributed by atoms with Crippen molar-refractivity contribution in [3.05, 3.63) is 0 Å². The van der Waals surface area contributed by atoms with E-state index >= 15 is 0 Å². The summed E-state index contributed by atoms with van der Waals surface area (Å²) in [4.78, 5) is 0. The van der Waals surface area contributed by atoms with Crippen LogP contribution in [0.1, 0.15) is 19.8 Å². The normalized spacial score (nSPS) is 21.3. The van der Waals surface area contributed by atoms with E-state index in [9.17, 15) is 8.42 Å². The molecule has 1 N–H and O–H groups in total. The number of likely N-dealkylation sites (N-methyl/N-ethyl adjacent to an activating group) is 1. The number of sulfonamides is 1. The van der Waals surface area contributed by atoms with Gasteiger partial charge < -0.3 is 5.11 Å². The highest BCUT2D eigenvalue weighted by Crippen LogP contribution is 2.30. The largest absolute Gasteiger partial charge is 0.395 e. The third-order valence-corrected chi connectivity index (χ3v) is 4.71. The number of nitrogens with zero attached hydrogens (tertiary/aromatic N) is 1. The fourth-order valence-corrected chi connectivity index (χ4v) is 2.74. The zero-order chi connectivity index (χ0) is 9.35. The molecule has 0 aromatic carbocycles. The van der Waals surface area contributed by atoms with Gasteiger partial charge in [0.2, 0.25) is 10.0 Å². The van der Waals surface area contributed by atoms with Crippen LogP contribution in [0.25, 0.3) is 0 Å². The maximum Gasteiger partial charge on any atom is 0.217 e. The molecule has 0 amide bonds. The minimum Gasteiger partial charge on any atom is -0.395 e. The van der Waals surface area contributed by atoms with Crippen LogP contribution >= 0.6 is 0 Å². The van der Waals surface area contributed by atoms with E-state index in [4.69, 9.17) is 5.11 Å². The van der Waals surface area contributed by atoms with Crippen molar-refractivity contribution in [3.8, 4) is 0 Å². The van der Waals surface area contributed by atoms with E-state index in [2.05, 4.69) is 0 Å². The molecule has 1 aliphatic rings. The molecule has 1 aliphatic carbocycles. The number of rotatable bonds is 4. The molecular weight excluding hydrogens is 178 g/mol. The van der Waals surface area contributed by atoms with Crippen LogP contribution in [0.15, 0.2) is 0 Å². The molecule has 1 rings (SSSR count). The Morgan fingerprint density at radius 2 is 2.08 bits per heavy atom. The van der Waals surface area contributed by atoms with Crippen molar-refractivity contribution in [3.63, 3.8) is 0 Å². The Bertz CT molecular complexity index is 245. The number of hydrogen-bond acceptors (Lipinski definition) is 3. The molecule has 72 valence electrons. The topological polar surface area (TPSA) is 57.6 Å². The minimum absolute atomic E-state index is 0.123. The van der Waals surface area contributed by atoms with Gasteiger partial charge in [-0.15, -0.1) is 0 Å². The first-order valence-corrected chi connectivity index (χ1v) is 5.58. The summed E-state index contributed by atoms with van der Waals surface area (Å²) in [6, 6.07) is -0.310. The van der Waals surface area contributed by atoms with Gasteiger partial charge in [0.05, 0.1) is 11.9 Å². The molecule has 1 fully saturated rings. The second-order valence-electron chi connectivity index (χ2n) is 3.29. The van der Waals surface area contributed by atoms with Crippen molar-refractivity contribution >= 4 is 10.0 Å². The Hall–Kier alpha value is -0.130. The lowest BCUT2D eigenvalue weighted by molar-refractivity contribution is 0.213. The fraction of sp³-hybridized carbons (Fsp3) is 1.00. The van der Waals surface area contributed by atoms with Gasteiger partial charge in [-0.1, -0.05) is 0 Å². The predicted molar refractivity (Wildman–Crippen MR) is 46.3 cm³/mol.